The Balaban J connectivity index is 2.20. The molecule has 18 heavy (non-hydrogen) atoms. The third-order valence-corrected chi connectivity index (χ3v) is 3.73. The van der Waals surface area contributed by atoms with E-state index in [2.05, 4.69) is 18.1 Å². The van der Waals surface area contributed by atoms with Crippen molar-refractivity contribution in [2.45, 2.75) is 50.3 Å². The van der Waals surface area contributed by atoms with Crippen LogP contribution in [-0.4, -0.2) is 53.2 Å². The van der Waals surface area contributed by atoms with Crippen LogP contribution in [-0.2, 0) is 9.47 Å². The zero-order valence-corrected chi connectivity index (χ0v) is 11.2. The first-order chi connectivity index (χ1) is 8.50. The highest BCUT2D eigenvalue weighted by Crippen LogP contribution is 2.36. The molecule has 0 unspecified atom stereocenters. The predicted molar refractivity (Wildman–Crippen MR) is 70.2 cm³/mol. The van der Waals surface area contributed by atoms with Gasteiger partial charge in [-0.15, -0.1) is 13.2 Å². The fraction of sp³-hybridized carbons (Fsp3) is 0.714. The molecule has 2 heterocycles. The molecule has 0 aromatic heterocycles. The highest BCUT2D eigenvalue weighted by molar-refractivity contribution is 5.06. The molecule has 2 rings (SSSR count). The SMILES string of the molecule is C=CC[C@H]1[C@H](O)[C@@H]2OC(C)(C)OC[C@H]2N1CC=C. The summed E-state index contributed by atoms with van der Waals surface area (Å²) in [6, 6.07) is 0.129. The summed E-state index contributed by atoms with van der Waals surface area (Å²) < 4.78 is 11.6. The summed E-state index contributed by atoms with van der Waals surface area (Å²) >= 11 is 0. The third kappa shape index (κ3) is 2.38. The van der Waals surface area contributed by atoms with Crippen LogP contribution in [0.25, 0.3) is 0 Å². The second-order valence-corrected chi connectivity index (χ2v) is 5.43. The van der Waals surface area contributed by atoms with E-state index >= 15 is 0 Å². The lowest BCUT2D eigenvalue weighted by Gasteiger charge is -2.40. The van der Waals surface area contributed by atoms with Crippen molar-refractivity contribution in [2.75, 3.05) is 13.2 Å². The van der Waals surface area contributed by atoms with Gasteiger partial charge in [0, 0.05) is 12.6 Å². The lowest BCUT2D eigenvalue weighted by atomic mass is 10.0. The smallest absolute Gasteiger partial charge is 0.163 e. The maximum absolute atomic E-state index is 10.4. The summed E-state index contributed by atoms with van der Waals surface area (Å²) in [5.41, 5.74) is 0. The molecule has 0 radical (unpaired) electrons. The first kappa shape index (κ1) is 13.7. The maximum atomic E-state index is 10.4. The van der Waals surface area contributed by atoms with Crippen LogP contribution in [0.15, 0.2) is 25.3 Å². The average molecular weight is 253 g/mol. The summed E-state index contributed by atoms with van der Waals surface area (Å²) in [7, 11) is 0. The Bertz CT molecular complexity index is 329. The largest absolute Gasteiger partial charge is 0.389 e. The van der Waals surface area contributed by atoms with Crippen LogP contribution in [0.2, 0.25) is 0 Å². The van der Waals surface area contributed by atoms with Crippen molar-refractivity contribution in [3.8, 4) is 0 Å². The Hall–Kier alpha value is -0.680. The van der Waals surface area contributed by atoms with Gasteiger partial charge in [-0.25, -0.2) is 0 Å². The Morgan fingerprint density at radius 3 is 2.72 bits per heavy atom. The molecular weight excluding hydrogens is 230 g/mol. The molecule has 2 fully saturated rings. The van der Waals surface area contributed by atoms with E-state index in [9.17, 15) is 5.11 Å². The first-order valence-corrected chi connectivity index (χ1v) is 6.47. The van der Waals surface area contributed by atoms with E-state index in [1.807, 2.05) is 26.0 Å². The van der Waals surface area contributed by atoms with E-state index in [0.29, 0.717) is 6.61 Å². The minimum Gasteiger partial charge on any atom is -0.389 e. The van der Waals surface area contributed by atoms with Gasteiger partial charge >= 0.3 is 0 Å². The second kappa shape index (κ2) is 5.13. The van der Waals surface area contributed by atoms with E-state index in [1.165, 1.54) is 0 Å². The van der Waals surface area contributed by atoms with Gasteiger partial charge in [0.15, 0.2) is 5.79 Å². The lowest BCUT2D eigenvalue weighted by molar-refractivity contribution is -0.291. The second-order valence-electron chi connectivity index (χ2n) is 5.43. The van der Waals surface area contributed by atoms with E-state index < -0.39 is 11.9 Å². The van der Waals surface area contributed by atoms with Crippen molar-refractivity contribution in [3.63, 3.8) is 0 Å². The first-order valence-electron chi connectivity index (χ1n) is 6.47. The van der Waals surface area contributed by atoms with Crippen molar-refractivity contribution in [1.82, 2.24) is 4.90 Å². The fourth-order valence-corrected chi connectivity index (χ4v) is 2.93. The van der Waals surface area contributed by atoms with Gasteiger partial charge in [0.1, 0.15) is 6.10 Å². The standard InChI is InChI=1S/C14H23NO3/c1-5-7-10-12(16)13-11(15(10)8-6-2)9-17-14(3,4)18-13/h5-6,10-13,16H,1-2,7-9H2,3-4H3/t10-,11+,12-,13+/m0/s1. The number of likely N-dealkylation sites (tertiary alicyclic amines) is 1. The number of ether oxygens (including phenoxy) is 2. The number of nitrogens with zero attached hydrogens (tertiary/aromatic N) is 1. The van der Waals surface area contributed by atoms with Gasteiger partial charge in [-0.3, -0.25) is 4.90 Å². The average Bonchev–Trinajstić information content (AvgIpc) is 2.54. The molecule has 0 aromatic rings. The quantitative estimate of drug-likeness (QED) is 0.767. The van der Waals surface area contributed by atoms with E-state index in [0.717, 1.165) is 13.0 Å². The minimum atomic E-state index is -0.620. The molecule has 2 aliphatic rings. The van der Waals surface area contributed by atoms with Crippen LogP contribution in [0.1, 0.15) is 20.3 Å². The Morgan fingerprint density at radius 1 is 1.39 bits per heavy atom. The minimum absolute atomic E-state index is 0.0352. The van der Waals surface area contributed by atoms with Crippen molar-refractivity contribution in [2.24, 2.45) is 0 Å². The van der Waals surface area contributed by atoms with Gasteiger partial charge in [0.2, 0.25) is 0 Å². The molecule has 0 spiro atoms. The number of rotatable bonds is 4. The van der Waals surface area contributed by atoms with Gasteiger partial charge < -0.3 is 14.6 Å². The van der Waals surface area contributed by atoms with E-state index in [-0.39, 0.29) is 18.2 Å². The number of fused-ring (bicyclic) bond motifs is 1. The number of hydrogen-bond donors (Lipinski definition) is 1. The molecule has 2 aliphatic heterocycles. The van der Waals surface area contributed by atoms with Gasteiger partial charge in [0.25, 0.3) is 0 Å². The van der Waals surface area contributed by atoms with Gasteiger partial charge in [-0.1, -0.05) is 12.2 Å². The van der Waals surface area contributed by atoms with Gasteiger partial charge in [-0.2, -0.15) is 0 Å². The summed E-state index contributed by atoms with van der Waals surface area (Å²) in [4.78, 5) is 2.21. The normalized spacial score (nSPS) is 39.3. The van der Waals surface area contributed by atoms with Gasteiger partial charge in [0.05, 0.1) is 18.8 Å². The van der Waals surface area contributed by atoms with Gasteiger partial charge in [-0.05, 0) is 20.3 Å². The summed E-state index contributed by atoms with van der Waals surface area (Å²) in [6.07, 6.45) is 3.74. The molecule has 2 saturated heterocycles. The topological polar surface area (TPSA) is 41.9 Å². The van der Waals surface area contributed by atoms with Crippen molar-refractivity contribution in [1.29, 1.82) is 0 Å². The summed E-state index contributed by atoms with van der Waals surface area (Å²) in [6.45, 7) is 12.6. The lowest BCUT2D eigenvalue weighted by Crippen LogP contribution is -2.52. The molecule has 0 bridgehead atoms. The van der Waals surface area contributed by atoms with Crippen LogP contribution in [0.3, 0.4) is 0 Å². The molecule has 4 atom stereocenters. The number of hydrogen-bond acceptors (Lipinski definition) is 4. The highest BCUT2D eigenvalue weighted by Gasteiger charge is 2.52. The van der Waals surface area contributed by atoms with Crippen LogP contribution in [0.5, 0.6) is 0 Å². The highest BCUT2D eigenvalue weighted by atomic mass is 16.7. The molecule has 0 aromatic carbocycles. The Labute approximate surface area is 109 Å². The summed E-state index contributed by atoms with van der Waals surface area (Å²) in [5.74, 6) is -0.620. The monoisotopic (exact) mass is 253 g/mol. The number of aliphatic hydroxyl groups excluding tert-OH is 1. The Morgan fingerprint density at radius 2 is 2.11 bits per heavy atom. The third-order valence-electron chi connectivity index (χ3n) is 3.73. The summed E-state index contributed by atoms with van der Waals surface area (Å²) in [5, 5.41) is 10.4. The Kier molecular flexibility index (Phi) is 3.92. The van der Waals surface area contributed by atoms with Crippen LogP contribution >= 0.6 is 0 Å². The predicted octanol–water partition coefficient (Wildman–Crippen LogP) is 1.31. The fourth-order valence-electron chi connectivity index (χ4n) is 2.93. The van der Waals surface area contributed by atoms with Crippen molar-refractivity contribution < 1.29 is 14.6 Å². The zero-order chi connectivity index (χ0) is 13.3. The van der Waals surface area contributed by atoms with Crippen molar-refractivity contribution >= 4 is 0 Å². The molecule has 1 N–H and O–H groups in total. The van der Waals surface area contributed by atoms with Crippen LogP contribution in [0, 0.1) is 0 Å². The molecule has 0 amide bonds. The van der Waals surface area contributed by atoms with E-state index in [4.69, 9.17) is 9.47 Å². The molecule has 0 aliphatic carbocycles. The molecule has 4 heteroatoms. The molecule has 0 saturated carbocycles. The molecular formula is C14H23NO3. The molecule has 4 nitrogen and oxygen atoms in total. The zero-order valence-electron chi connectivity index (χ0n) is 11.2. The van der Waals surface area contributed by atoms with Crippen molar-refractivity contribution in [3.05, 3.63) is 25.3 Å². The van der Waals surface area contributed by atoms with Crippen LogP contribution < -0.4 is 0 Å². The molecule has 102 valence electrons. The maximum Gasteiger partial charge on any atom is 0.163 e. The van der Waals surface area contributed by atoms with E-state index in [1.54, 1.807) is 0 Å². The van der Waals surface area contributed by atoms with Crippen LogP contribution in [0.4, 0.5) is 0 Å². The number of aliphatic hydroxyl groups is 1.